The van der Waals surface area contributed by atoms with Crippen molar-refractivity contribution in [2.24, 2.45) is 17.8 Å². The van der Waals surface area contributed by atoms with E-state index in [0.717, 1.165) is 23.4 Å². The first-order chi connectivity index (χ1) is 15.2. The number of rotatable bonds is 8. The number of nitrogens with zero attached hydrogens (tertiary/aromatic N) is 1. The highest BCUT2D eigenvalue weighted by Crippen LogP contribution is 2.41. The topological polar surface area (TPSA) is 81.3 Å². The third-order valence-electron chi connectivity index (χ3n) is 5.92. The number of aryl methyl sites for hydroxylation is 1. The second-order valence-corrected chi connectivity index (χ2v) is 9.24. The number of allylic oxidation sites excluding steroid dienone is 1. The number of hydrogen-bond donors (Lipinski definition) is 2. The second kappa shape index (κ2) is 10.3. The summed E-state index contributed by atoms with van der Waals surface area (Å²) in [7, 11) is 0. The van der Waals surface area contributed by atoms with Gasteiger partial charge in [-0.25, -0.2) is 4.79 Å². The van der Waals surface area contributed by atoms with Crippen LogP contribution in [-0.4, -0.2) is 22.3 Å². The molecule has 170 valence electrons. The van der Waals surface area contributed by atoms with E-state index in [0.29, 0.717) is 36.1 Å². The van der Waals surface area contributed by atoms with E-state index in [2.05, 4.69) is 6.07 Å². The lowest BCUT2D eigenvalue weighted by atomic mass is 9.84. The Kier molecular flexibility index (Phi) is 7.75. The van der Waals surface area contributed by atoms with Gasteiger partial charge in [-0.15, -0.1) is 11.3 Å². The molecule has 1 aliphatic rings. The van der Waals surface area contributed by atoms with Crippen LogP contribution in [0.2, 0.25) is 0 Å². The molecular formula is C24H24F3NO3S. The molecular weight excluding hydrogens is 439 g/mol. The summed E-state index contributed by atoms with van der Waals surface area (Å²) in [6.45, 7) is 0. The number of alkyl halides is 3. The molecule has 0 unspecified atom stereocenters. The van der Waals surface area contributed by atoms with E-state index < -0.39 is 23.8 Å². The SMILES string of the molecule is N#C[C@@H]1C[C@@H](O)[C@H](/C=C/Cc2cccc(C(F)(F)F)c2)[C@H]1CCCc1ccc(C(=O)O)s1. The average molecular weight is 464 g/mol. The number of carboxylic acids is 1. The van der Waals surface area contributed by atoms with Gasteiger partial charge < -0.3 is 10.2 Å². The Morgan fingerprint density at radius 2 is 2.06 bits per heavy atom. The Labute approximate surface area is 188 Å². The van der Waals surface area contributed by atoms with Gasteiger partial charge in [0.15, 0.2) is 0 Å². The predicted molar refractivity (Wildman–Crippen MR) is 115 cm³/mol. The number of nitriles is 1. The fourth-order valence-electron chi connectivity index (χ4n) is 4.33. The van der Waals surface area contributed by atoms with Crippen LogP contribution in [0, 0.1) is 29.1 Å². The predicted octanol–water partition coefficient (Wildman–Crippen LogP) is 5.72. The minimum absolute atomic E-state index is 0.0494. The fourth-order valence-corrected chi connectivity index (χ4v) is 5.22. The van der Waals surface area contributed by atoms with Gasteiger partial charge in [0, 0.05) is 10.8 Å². The fraction of sp³-hybridized carbons (Fsp3) is 0.417. The number of hydrogen-bond acceptors (Lipinski definition) is 4. The van der Waals surface area contributed by atoms with Crippen LogP contribution in [-0.2, 0) is 19.0 Å². The van der Waals surface area contributed by atoms with Crippen molar-refractivity contribution in [3.8, 4) is 6.07 Å². The number of aliphatic hydroxyl groups excluding tert-OH is 1. The van der Waals surface area contributed by atoms with Crippen molar-refractivity contribution >= 4 is 17.3 Å². The molecule has 1 aromatic heterocycles. The van der Waals surface area contributed by atoms with E-state index in [9.17, 15) is 28.3 Å². The van der Waals surface area contributed by atoms with Crippen molar-refractivity contribution in [1.29, 1.82) is 5.26 Å². The van der Waals surface area contributed by atoms with Gasteiger partial charge in [-0.3, -0.25) is 0 Å². The van der Waals surface area contributed by atoms with Crippen molar-refractivity contribution < 1.29 is 28.2 Å². The molecule has 1 heterocycles. The van der Waals surface area contributed by atoms with E-state index in [4.69, 9.17) is 5.11 Å². The van der Waals surface area contributed by atoms with Crippen molar-refractivity contribution in [3.05, 3.63) is 69.4 Å². The van der Waals surface area contributed by atoms with Crippen LogP contribution >= 0.6 is 11.3 Å². The average Bonchev–Trinajstić information content (AvgIpc) is 3.33. The van der Waals surface area contributed by atoms with E-state index in [-0.39, 0.29) is 17.8 Å². The van der Waals surface area contributed by atoms with E-state index in [1.54, 1.807) is 24.3 Å². The molecule has 8 heteroatoms. The van der Waals surface area contributed by atoms with Crippen molar-refractivity contribution in [2.75, 3.05) is 0 Å². The molecule has 0 spiro atoms. The first-order valence-corrected chi connectivity index (χ1v) is 11.2. The molecule has 0 saturated heterocycles. The number of thiophene rings is 1. The molecule has 1 aliphatic carbocycles. The van der Waals surface area contributed by atoms with Crippen molar-refractivity contribution in [2.45, 2.75) is 44.4 Å². The van der Waals surface area contributed by atoms with Gasteiger partial charge in [-0.1, -0.05) is 30.4 Å². The van der Waals surface area contributed by atoms with Crippen molar-refractivity contribution in [1.82, 2.24) is 0 Å². The van der Waals surface area contributed by atoms with Crippen LogP contribution in [0.15, 0.2) is 48.6 Å². The van der Waals surface area contributed by atoms with Gasteiger partial charge in [-0.05, 0) is 61.8 Å². The Bertz CT molecular complexity index is 1010. The summed E-state index contributed by atoms with van der Waals surface area (Å²) in [6.07, 6.45) is 1.40. The molecule has 32 heavy (non-hydrogen) atoms. The highest BCUT2D eigenvalue weighted by atomic mass is 32.1. The number of aromatic carboxylic acids is 1. The largest absolute Gasteiger partial charge is 0.477 e. The van der Waals surface area contributed by atoms with Gasteiger partial charge in [-0.2, -0.15) is 18.4 Å². The summed E-state index contributed by atoms with van der Waals surface area (Å²) in [6, 6.07) is 10.8. The third kappa shape index (κ3) is 5.99. The molecule has 4 atom stereocenters. The Hall–Kier alpha value is -2.63. The van der Waals surface area contributed by atoms with Gasteiger partial charge in [0.05, 0.1) is 23.7 Å². The summed E-state index contributed by atoms with van der Waals surface area (Å²) >= 11 is 1.24. The van der Waals surface area contributed by atoms with Crippen LogP contribution in [0.1, 0.15) is 44.9 Å². The van der Waals surface area contributed by atoms with Gasteiger partial charge in [0.25, 0.3) is 0 Å². The summed E-state index contributed by atoms with van der Waals surface area (Å²) in [5.41, 5.74) is -0.157. The number of benzene rings is 1. The van der Waals surface area contributed by atoms with Gasteiger partial charge in [0.1, 0.15) is 4.88 Å². The van der Waals surface area contributed by atoms with E-state index in [1.165, 1.54) is 17.4 Å². The Morgan fingerprint density at radius 3 is 2.72 bits per heavy atom. The van der Waals surface area contributed by atoms with Crippen molar-refractivity contribution in [3.63, 3.8) is 0 Å². The Morgan fingerprint density at radius 1 is 1.28 bits per heavy atom. The smallest absolute Gasteiger partial charge is 0.416 e. The molecule has 0 bridgehead atoms. The standard InChI is InChI=1S/C24H24F3NO3S/c25-24(26,27)17-6-1-4-15(12-17)5-2-9-20-19(16(14-28)13-21(20)29)8-3-7-18-10-11-22(32-18)23(30)31/h1-2,4,6,9-12,16,19-21,29H,3,5,7-8,13H2,(H,30,31)/b9-2+/t16-,19-,20+,21+/m0/s1. The second-order valence-electron chi connectivity index (χ2n) is 8.07. The molecule has 1 aromatic carbocycles. The lowest BCUT2D eigenvalue weighted by molar-refractivity contribution is -0.137. The zero-order chi connectivity index (χ0) is 23.3. The number of halogens is 3. The first-order valence-electron chi connectivity index (χ1n) is 10.4. The van der Waals surface area contributed by atoms with Crippen LogP contribution in [0.25, 0.3) is 0 Å². The summed E-state index contributed by atoms with van der Waals surface area (Å²) < 4.78 is 38.7. The van der Waals surface area contributed by atoms with Crippen LogP contribution < -0.4 is 0 Å². The van der Waals surface area contributed by atoms with Crippen LogP contribution in [0.4, 0.5) is 13.2 Å². The Balaban J connectivity index is 1.62. The molecule has 2 aromatic rings. The molecule has 0 aliphatic heterocycles. The van der Waals surface area contributed by atoms with Gasteiger partial charge >= 0.3 is 12.1 Å². The lowest BCUT2D eigenvalue weighted by Crippen LogP contribution is -2.18. The quantitative estimate of drug-likeness (QED) is 0.491. The number of carbonyl (C=O) groups is 1. The maximum Gasteiger partial charge on any atom is 0.416 e. The molecule has 1 fully saturated rings. The highest BCUT2D eigenvalue weighted by Gasteiger charge is 2.40. The summed E-state index contributed by atoms with van der Waals surface area (Å²) in [5.74, 6) is -1.52. The monoisotopic (exact) mass is 463 g/mol. The van der Waals surface area contributed by atoms with E-state index >= 15 is 0 Å². The zero-order valence-corrected chi connectivity index (χ0v) is 18.1. The molecule has 0 amide bonds. The minimum Gasteiger partial charge on any atom is -0.477 e. The molecule has 4 nitrogen and oxygen atoms in total. The molecule has 0 radical (unpaired) electrons. The minimum atomic E-state index is -4.39. The first kappa shape index (κ1) is 24.0. The third-order valence-corrected chi connectivity index (χ3v) is 7.05. The number of carboxylic acid groups (broad SMARTS) is 1. The maximum absolute atomic E-state index is 12.9. The maximum atomic E-state index is 12.9. The molecule has 3 rings (SSSR count). The van der Waals surface area contributed by atoms with Gasteiger partial charge in [0.2, 0.25) is 0 Å². The van der Waals surface area contributed by atoms with Crippen LogP contribution in [0.5, 0.6) is 0 Å². The highest BCUT2D eigenvalue weighted by molar-refractivity contribution is 7.13. The summed E-state index contributed by atoms with van der Waals surface area (Å²) in [4.78, 5) is 12.3. The molecule has 1 saturated carbocycles. The lowest BCUT2D eigenvalue weighted by Gasteiger charge is -2.20. The summed E-state index contributed by atoms with van der Waals surface area (Å²) in [5, 5.41) is 29.0. The number of aliphatic hydroxyl groups is 1. The van der Waals surface area contributed by atoms with E-state index in [1.807, 2.05) is 6.08 Å². The van der Waals surface area contributed by atoms with Crippen LogP contribution in [0.3, 0.4) is 0 Å². The zero-order valence-electron chi connectivity index (χ0n) is 17.3. The molecule has 2 N–H and O–H groups in total. The normalized spacial score (nSPS) is 23.5.